The molecule has 0 spiro atoms. The number of benzene rings is 2. The maximum Gasteiger partial charge on any atom is 0.298 e. The minimum atomic E-state index is -0.849. The largest absolute Gasteiger partial charge is 0.491 e. The van der Waals surface area contributed by atoms with Gasteiger partial charge in [-0.15, -0.1) is 0 Å². The number of carbonyl (C=O) groups excluding carboxylic acids is 2. The van der Waals surface area contributed by atoms with Crippen LogP contribution in [-0.2, 0) is 4.79 Å². The maximum atomic E-state index is 14.5. The molecule has 1 saturated heterocycles. The molecule has 0 bridgehead atoms. The number of rotatable bonds is 5. The fourth-order valence-corrected chi connectivity index (χ4v) is 4.50. The van der Waals surface area contributed by atoms with Crippen molar-refractivity contribution in [2.24, 2.45) is 0 Å². The lowest BCUT2D eigenvalue weighted by atomic mass is 10.0. The van der Waals surface area contributed by atoms with Crippen LogP contribution in [0.4, 0.5) is 24.7 Å². The number of carbonyl (C=O) groups is 2. The minimum absolute atomic E-state index is 0.103. The summed E-state index contributed by atoms with van der Waals surface area (Å²) in [7, 11) is 1.41. The fourth-order valence-electron chi connectivity index (χ4n) is 4.50. The van der Waals surface area contributed by atoms with Gasteiger partial charge in [-0.05, 0) is 80.3 Å². The van der Waals surface area contributed by atoms with Crippen molar-refractivity contribution in [3.8, 4) is 28.8 Å². The van der Waals surface area contributed by atoms with Crippen molar-refractivity contribution in [3.63, 3.8) is 0 Å². The van der Waals surface area contributed by atoms with Gasteiger partial charge in [-0.1, -0.05) is 12.0 Å². The number of alkyl halides is 1. The van der Waals surface area contributed by atoms with E-state index in [2.05, 4.69) is 27.1 Å². The molecule has 1 unspecified atom stereocenters. The van der Waals surface area contributed by atoms with Gasteiger partial charge in [0.2, 0.25) is 0 Å². The zero-order valence-corrected chi connectivity index (χ0v) is 22.9. The van der Waals surface area contributed by atoms with E-state index in [0.29, 0.717) is 30.0 Å². The molecule has 2 aliphatic rings. The molecule has 0 radical (unpaired) electrons. The summed E-state index contributed by atoms with van der Waals surface area (Å²) in [6.07, 6.45) is 2.92. The van der Waals surface area contributed by atoms with Crippen molar-refractivity contribution < 1.29 is 27.5 Å². The van der Waals surface area contributed by atoms with Crippen LogP contribution in [0.1, 0.15) is 53.6 Å². The van der Waals surface area contributed by atoms with E-state index in [0.717, 1.165) is 18.4 Å². The number of halogens is 3. The number of methoxy groups -OCH3 is 1. The Kier molecular flexibility index (Phi) is 9.12. The number of hydrogen-bond donors (Lipinski definition) is 2. The van der Waals surface area contributed by atoms with Gasteiger partial charge in [-0.2, -0.15) is 0 Å². The second kappa shape index (κ2) is 12.7. The van der Waals surface area contributed by atoms with Gasteiger partial charge in [0.15, 0.2) is 11.6 Å². The Labute approximate surface area is 236 Å². The molecule has 1 aromatic heterocycles. The summed E-state index contributed by atoms with van der Waals surface area (Å²) < 4.78 is 46.6. The van der Waals surface area contributed by atoms with Crippen LogP contribution >= 0.6 is 0 Å². The van der Waals surface area contributed by atoms with Crippen molar-refractivity contribution in [3.05, 3.63) is 65.0 Å². The van der Waals surface area contributed by atoms with Gasteiger partial charge in [0.1, 0.15) is 29.8 Å². The Morgan fingerprint density at radius 2 is 1.90 bits per heavy atom. The molecule has 3 N–H and O–H groups in total. The summed E-state index contributed by atoms with van der Waals surface area (Å²) in [6, 6.07) is 7.05. The first-order chi connectivity index (χ1) is 19.6. The lowest BCUT2D eigenvalue weighted by molar-refractivity contribution is -0.124. The average Bonchev–Trinajstić information content (AvgIpc) is 3.70. The molecule has 2 aromatic carbocycles. The minimum Gasteiger partial charge on any atom is -0.491 e. The molecular weight excluding hydrogens is 535 g/mol. The van der Waals surface area contributed by atoms with Gasteiger partial charge in [0, 0.05) is 17.8 Å². The first-order valence-corrected chi connectivity index (χ1v) is 13.0. The van der Waals surface area contributed by atoms with Gasteiger partial charge in [-0.25, -0.2) is 23.1 Å². The first kappa shape index (κ1) is 29.4. The predicted molar refractivity (Wildman–Crippen MR) is 149 cm³/mol. The van der Waals surface area contributed by atoms with Gasteiger partial charge >= 0.3 is 0 Å². The molecule has 1 aliphatic carbocycles. The molecule has 2 amide bonds. The highest BCUT2D eigenvalue weighted by molar-refractivity contribution is 6.05. The van der Waals surface area contributed by atoms with E-state index in [4.69, 9.17) is 10.5 Å². The quantitative estimate of drug-likeness (QED) is 0.420. The standard InChI is InChI=1S/C22H20F2N4O2.C8H10FNO/c1-11-16(19-20(30-2)21(25)27-10-26-19)8-14(23)9-18(11)28-22(29)15-6-5-13(7-17(15)24)12-3-4-12;1-2-3-8(11)10-5-4-7(9)6-10/h5-10,12H,3-4H2,1-2H3,(H,28,29)(H2,25,26,27);7H,4-6H2,1H3. The molecule has 1 atom stereocenters. The third kappa shape index (κ3) is 6.95. The Morgan fingerprint density at radius 3 is 2.51 bits per heavy atom. The SMILES string of the molecule is CC#CC(=O)N1CCC(F)C1.COc1c(N)ncnc1-c1cc(F)cc(NC(=O)c2ccc(C3CC3)cc2F)c1C. The highest BCUT2D eigenvalue weighted by atomic mass is 19.1. The van der Waals surface area contributed by atoms with Crippen LogP contribution in [0.2, 0.25) is 0 Å². The molecular formula is C30H30F3N5O3. The number of hydrogen-bond acceptors (Lipinski definition) is 6. The molecule has 214 valence electrons. The van der Waals surface area contributed by atoms with E-state index in [9.17, 15) is 22.8 Å². The van der Waals surface area contributed by atoms with Crippen LogP contribution in [0, 0.1) is 30.4 Å². The summed E-state index contributed by atoms with van der Waals surface area (Å²) in [5.41, 5.74) is 8.00. The second-order valence-corrected chi connectivity index (χ2v) is 9.75. The number of anilines is 2. The van der Waals surface area contributed by atoms with Gasteiger partial charge < -0.3 is 20.7 Å². The van der Waals surface area contributed by atoms with Gasteiger partial charge in [-0.3, -0.25) is 9.59 Å². The van der Waals surface area contributed by atoms with Crippen LogP contribution in [0.5, 0.6) is 5.75 Å². The van der Waals surface area contributed by atoms with E-state index >= 15 is 0 Å². The average molecular weight is 566 g/mol. The molecule has 41 heavy (non-hydrogen) atoms. The molecule has 5 rings (SSSR count). The summed E-state index contributed by atoms with van der Waals surface area (Å²) in [5.74, 6) is 3.43. The van der Waals surface area contributed by atoms with Gasteiger partial charge in [0.05, 0.1) is 19.2 Å². The fraction of sp³-hybridized carbons (Fsp3) is 0.333. The third-order valence-electron chi connectivity index (χ3n) is 6.85. The second-order valence-electron chi connectivity index (χ2n) is 9.75. The normalized spacial score (nSPS) is 15.8. The molecule has 2 heterocycles. The lowest BCUT2D eigenvalue weighted by Gasteiger charge is -2.15. The number of aromatic nitrogens is 2. The lowest BCUT2D eigenvalue weighted by Crippen LogP contribution is -2.27. The van der Waals surface area contributed by atoms with Crippen LogP contribution in [0.15, 0.2) is 36.7 Å². The smallest absolute Gasteiger partial charge is 0.298 e. The summed E-state index contributed by atoms with van der Waals surface area (Å²) >= 11 is 0. The number of nitrogens with two attached hydrogens (primary N) is 1. The van der Waals surface area contributed by atoms with E-state index in [1.54, 1.807) is 19.9 Å². The zero-order chi connectivity index (χ0) is 29.7. The molecule has 1 saturated carbocycles. The Morgan fingerprint density at radius 1 is 1.15 bits per heavy atom. The first-order valence-electron chi connectivity index (χ1n) is 13.0. The molecule has 8 nitrogen and oxygen atoms in total. The summed E-state index contributed by atoms with van der Waals surface area (Å²) in [6.45, 7) is 4.01. The summed E-state index contributed by atoms with van der Waals surface area (Å²) in [4.78, 5) is 33.1. The van der Waals surface area contributed by atoms with Crippen LogP contribution in [-0.4, -0.2) is 53.1 Å². The van der Waals surface area contributed by atoms with Crippen molar-refractivity contribution in [2.75, 3.05) is 31.2 Å². The molecule has 3 aromatic rings. The third-order valence-corrected chi connectivity index (χ3v) is 6.85. The molecule has 11 heteroatoms. The number of nitrogens with one attached hydrogen (secondary N) is 1. The van der Waals surface area contributed by atoms with E-state index in [1.807, 2.05) is 0 Å². The number of nitrogen functional groups attached to an aromatic ring is 1. The topological polar surface area (TPSA) is 110 Å². The predicted octanol–water partition coefficient (Wildman–Crippen LogP) is 5.03. The Balaban J connectivity index is 0.000000296. The van der Waals surface area contributed by atoms with E-state index in [1.165, 1.54) is 42.6 Å². The number of ether oxygens (including phenoxy) is 1. The summed E-state index contributed by atoms with van der Waals surface area (Å²) in [5, 5.41) is 2.60. The number of likely N-dealkylation sites (tertiary alicyclic amines) is 1. The van der Waals surface area contributed by atoms with E-state index < -0.39 is 23.7 Å². The monoisotopic (exact) mass is 565 g/mol. The van der Waals surface area contributed by atoms with E-state index in [-0.39, 0.29) is 41.0 Å². The number of amides is 2. The Bertz CT molecular complexity index is 1530. The van der Waals surface area contributed by atoms with Crippen molar-refractivity contribution in [1.82, 2.24) is 14.9 Å². The number of nitrogens with zero attached hydrogens (tertiary/aromatic N) is 3. The maximum absolute atomic E-state index is 14.5. The van der Waals surface area contributed by atoms with Crippen LogP contribution in [0.3, 0.4) is 0 Å². The van der Waals surface area contributed by atoms with Crippen LogP contribution in [0.25, 0.3) is 11.3 Å². The van der Waals surface area contributed by atoms with Crippen LogP contribution < -0.4 is 15.8 Å². The molecule has 2 fully saturated rings. The highest BCUT2D eigenvalue weighted by Crippen LogP contribution is 2.40. The van der Waals surface area contributed by atoms with Gasteiger partial charge in [0.25, 0.3) is 11.8 Å². The van der Waals surface area contributed by atoms with Crippen molar-refractivity contribution >= 4 is 23.3 Å². The zero-order valence-electron chi connectivity index (χ0n) is 22.9. The van der Waals surface area contributed by atoms with Crippen molar-refractivity contribution in [2.45, 2.75) is 45.2 Å². The highest BCUT2D eigenvalue weighted by Gasteiger charge is 2.26. The molecule has 1 aliphatic heterocycles. The Hall–Kier alpha value is -4.59. The van der Waals surface area contributed by atoms with Crippen molar-refractivity contribution in [1.29, 1.82) is 0 Å².